The van der Waals surface area contributed by atoms with Crippen LogP contribution in [-0.2, 0) is 127 Å². The van der Waals surface area contributed by atoms with Crippen LogP contribution in [0.2, 0.25) is 0 Å². The number of carbonyl (C=O) groups is 10. The van der Waals surface area contributed by atoms with Crippen LogP contribution < -0.4 is 42.8 Å². The second-order valence-electron chi connectivity index (χ2n) is 26.7. The molecule has 107 heavy (non-hydrogen) atoms. The third-order valence-electron chi connectivity index (χ3n) is 19.2. The van der Waals surface area contributed by atoms with Crippen molar-refractivity contribution in [2.45, 2.75) is 128 Å². The van der Waals surface area contributed by atoms with Crippen molar-refractivity contribution < 1.29 is 105 Å². The zero-order chi connectivity index (χ0) is 76.2. The SMILES string of the molecule is CC[C@@]1(O)C(=O)OCc2c1cc1n(c2=O)Cc2c-1nc1cc(F)c(C)c3c1c2[C@@H](NC(=O)[C@H]1C[C@@H](OCNC(=O)CNC(=O)[C@H](Cc2ccccc2)NC(=O)CNC(=O)CNC(=O)COCCOCCOCCOCCOCCOCCOCCOCCNC(=O)CCCCCN2C(=O)CC(C)C2=O)C1)CC3. The number of nitrogens with zero attached hydrogens (tertiary/aromatic N) is 3. The van der Waals surface area contributed by atoms with Gasteiger partial charge in [-0.3, -0.25) is 52.8 Å². The standard InChI is InChI=1S/C74H99FN10O22/c1-4-74(97)54-37-59-68-52(42-85(59)72(95)53(54)43-106-73(74)96)67-56(15-14-51-47(3)55(75)38-57(82-68)66(51)67)83-69(92)49-35-50(36-49)107-45-80-62(88)40-79-70(93)58(34-48-11-7-5-8-12-48)81-63(89)41-77-61(87)39-78-64(90)44-105-32-31-104-30-29-103-28-27-102-26-25-101-24-23-100-22-21-99-20-19-98-18-16-76-60(86)13-9-6-10-17-84-65(91)33-46(2)71(84)94/h5,7-8,11-12,37-38,46,49-50,56,58,97H,4,6,9-10,13-36,39-45H2,1-3H3,(H,76,86)(H,77,87)(H,78,90)(H,79,93)(H,80,88)(H,81,89)(H,83,92)/t46?,49-,50+,56-,58-,74-/m0/s1. The summed E-state index contributed by atoms with van der Waals surface area (Å²) in [7, 11) is 0. The number of esters is 1. The highest BCUT2D eigenvalue weighted by molar-refractivity contribution is 6.03. The molecule has 1 saturated carbocycles. The van der Waals surface area contributed by atoms with Gasteiger partial charge in [0.1, 0.15) is 31.8 Å². The van der Waals surface area contributed by atoms with Crippen molar-refractivity contribution in [2.24, 2.45) is 11.8 Å². The van der Waals surface area contributed by atoms with Crippen LogP contribution in [0.25, 0.3) is 22.3 Å². The first-order valence-electron chi connectivity index (χ1n) is 36.6. The normalized spacial score (nSPS) is 18.6. The van der Waals surface area contributed by atoms with E-state index in [1.54, 1.807) is 57.2 Å². The lowest BCUT2D eigenvalue weighted by atomic mass is 9.79. The number of ether oxygens (including phenoxy) is 10. The molecular formula is C74H99FN10O22. The Balaban J connectivity index is 0.550. The first kappa shape index (κ1) is 82.3. The molecule has 2 aromatic heterocycles. The summed E-state index contributed by atoms with van der Waals surface area (Å²) in [5, 5.41) is 30.7. The van der Waals surface area contributed by atoms with Crippen molar-refractivity contribution in [1.29, 1.82) is 0 Å². The molecule has 9 amide bonds. The summed E-state index contributed by atoms with van der Waals surface area (Å²) in [6, 6.07) is 10.1. The number of halogens is 1. The summed E-state index contributed by atoms with van der Waals surface area (Å²) in [6.45, 7) is 8.79. The number of aliphatic hydroxyl groups is 1. The summed E-state index contributed by atoms with van der Waals surface area (Å²) in [5.74, 6) is -5.72. The molecule has 1 saturated heterocycles. The number of carbonyl (C=O) groups excluding carboxylic acids is 10. The van der Waals surface area contributed by atoms with Gasteiger partial charge < -0.3 is 94.3 Å². The van der Waals surface area contributed by atoms with Crippen LogP contribution >= 0.6 is 0 Å². The molecule has 33 heteroatoms. The van der Waals surface area contributed by atoms with Gasteiger partial charge in [0, 0.05) is 66.8 Å². The molecule has 3 aliphatic heterocycles. The second-order valence-corrected chi connectivity index (χ2v) is 26.7. The van der Waals surface area contributed by atoms with Gasteiger partial charge in [-0.25, -0.2) is 14.2 Å². The van der Waals surface area contributed by atoms with E-state index in [4.69, 9.17) is 52.4 Å². The number of pyridine rings is 2. The number of imide groups is 1. The minimum atomic E-state index is -2.04. The molecule has 0 spiro atoms. The molecule has 4 aromatic rings. The highest BCUT2D eigenvalue weighted by Gasteiger charge is 2.47. The lowest BCUT2D eigenvalue weighted by Crippen LogP contribution is -2.52. The Labute approximate surface area is 618 Å². The predicted octanol–water partition coefficient (Wildman–Crippen LogP) is 0.780. The number of amides is 9. The molecule has 2 aromatic carbocycles. The lowest BCUT2D eigenvalue weighted by molar-refractivity contribution is -0.172. The number of benzene rings is 2. The van der Waals surface area contributed by atoms with Crippen molar-refractivity contribution in [1.82, 2.24) is 51.7 Å². The number of cyclic esters (lactones) is 1. The van der Waals surface area contributed by atoms with E-state index in [-0.39, 0.29) is 112 Å². The molecule has 5 aliphatic rings. The fourth-order valence-electron chi connectivity index (χ4n) is 13.1. The minimum Gasteiger partial charge on any atom is -0.458 e. The Morgan fingerprint density at radius 2 is 1.31 bits per heavy atom. The third kappa shape index (κ3) is 23.4. The lowest BCUT2D eigenvalue weighted by Gasteiger charge is -2.36. The maximum Gasteiger partial charge on any atom is 0.343 e. The highest BCUT2D eigenvalue weighted by Crippen LogP contribution is 2.46. The molecule has 32 nitrogen and oxygen atoms in total. The van der Waals surface area contributed by atoms with Crippen LogP contribution in [0.4, 0.5) is 4.39 Å². The van der Waals surface area contributed by atoms with Crippen LogP contribution in [0.1, 0.15) is 117 Å². The first-order chi connectivity index (χ1) is 51.7. The maximum atomic E-state index is 15.5. The molecule has 5 heterocycles. The van der Waals surface area contributed by atoms with Crippen LogP contribution in [-0.4, -0.2) is 236 Å². The van der Waals surface area contributed by atoms with E-state index in [0.717, 1.165) is 17.5 Å². The number of likely N-dealkylation sites (tertiary alicyclic amines) is 1. The largest absolute Gasteiger partial charge is 0.458 e. The number of hydrogen-bond donors (Lipinski definition) is 8. The first-order valence-corrected chi connectivity index (χ1v) is 36.6. The Morgan fingerprint density at radius 1 is 0.701 bits per heavy atom. The Bertz CT molecular complexity index is 3840. The highest BCUT2D eigenvalue weighted by atomic mass is 19.1. The molecule has 2 fully saturated rings. The van der Waals surface area contributed by atoms with Crippen LogP contribution in [0.5, 0.6) is 0 Å². The number of rotatable bonds is 48. The molecule has 8 N–H and O–H groups in total. The monoisotopic (exact) mass is 1500 g/mol. The summed E-state index contributed by atoms with van der Waals surface area (Å²) in [4.78, 5) is 147. The zero-order valence-corrected chi connectivity index (χ0v) is 60.9. The smallest absolute Gasteiger partial charge is 0.343 e. The molecule has 0 bridgehead atoms. The fourth-order valence-corrected chi connectivity index (χ4v) is 13.1. The Kier molecular flexibility index (Phi) is 31.9. The van der Waals surface area contributed by atoms with E-state index in [9.17, 15) is 57.8 Å². The van der Waals surface area contributed by atoms with Gasteiger partial charge in [0.15, 0.2) is 5.60 Å². The predicted molar refractivity (Wildman–Crippen MR) is 379 cm³/mol. The average Bonchev–Trinajstić information content (AvgIpc) is 1.58. The van der Waals surface area contributed by atoms with Crippen molar-refractivity contribution in [3.05, 3.63) is 97.6 Å². The number of fused-ring (bicyclic) bond motifs is 5. The van der Waals surface area contributed by atoms with E-state index in [1.165, 1.54) is 15.5 Å². The molecular weight excluding hydrogens is 1400 g/mol. The number of aromatic nitrogens is 2. The average molecular weight is 1500 g/mol. The molecule has 1 unspecified atom stereocenters. The minimum absolute atomic E-state index is 0.0368. The van der Waals surface area contributed by atoms with Gasteiger partial charge in [0.2, 0.25) is 53.2 Å². The van der Waals surface area contributed by atoms with Gasteiger partial charge in [-0.1, -0.05) is 50.6 Å². The number of aryl methyl sites for hydroxylation is 1. The summed E-state index contributed by atoms with van der Waals surface area (Å²) in [5.41, 5.74) is 2.29. The van der Waals surface area contributed by atoms with Crippen LogP contribution in [0, 0.1) is 24.6 Å². The van der Waals surface area contributed by atoms with E-state index in [2.05, 4.69) is 37.2 Å². The molecule has 584 valence electrons. The van der Waals surface area contributed by atoms with E-state index in [1.807, 2.05) is 0 Å². The van der Waals surface area contributed by atoms with Crippen molar-refractivity contribution in [3.8, 4) is 11.4 Å². The quantitative estimate of drug-likeness (QED) is 0.0115. The number of nitrogens with one attached hydrogen (secondary N) is 7. The van der Waals surface area contributed by atoms with Gasteiger partial charge in [0.05, 0.1) is 160 Å². The topological polar surface area (TPSA) is 406 Å². The maximum absolute atomic E-state index is 15.5. The Hall–Kier alpha value is -8.77. The zero-order valence-electron chi connectivity index (χ0n) is 60.9. The Morgan fingerprint density at radius 3 is 1.94 bits per heavy atom. The van der Waals surface area contributed by atoms with Crippen molar-refractivity contribution in [2.75, 3.05) is 145 Å². The molecule has 0 radical (unpaired) electrons. The molecule has 4 atom stereocenters. The molecule has 9 rings (SSSR count). The summed E-state index contributed by atoms with van der Waals surface area (Å²) >= 11 is 0. The fraction of sp³-hybridized carbons (Fsp3) is 0.595. The van der Waals surface area contributed by atoms with Gasteiger partial charge >= 0.3 is 5.97 Å². The van der Waals surface area contributed by atoms with Gasteiger partial charge in [-0.2, -0.15) is 0 Å². The summed E-state index contributed by atoms with van der Waals surface area (Å²) in [6.07, 6.45) is 4.02. The van der Waals surface area contributed by atoms with Gasteiger partial charge in [-0.15, -0.1) is 0 Å². The number of hydrogen-bond acceptors (Lipinski definition) is 23. The van der Waals surface area contributed by atoms with E-state index < -0.39 is 90.1 Å². The van der Waals surface area contributed by atoms with Crippen molar-refractivity contribution >= 4 is 70.0 Å². The third-order valence-corrected chi connectivity index (χ3v) is 19.2. The second kappa shape index (κ2) is 41.5. The number of unbranched alkanes of at least 4 members (excludes halogenated alkanes) is 2. The van der Waals surface area contributed by atoms with Gasteiger partial charge in [0.25, 0.3) is 5.56 Å². The summed E-state index contributed by atoms with van der Waals surface area (Å²) < 4.78 is 71.9. The van der Waals surface area contributed by atoms with Gasteiger partial charge in [-0.05, 0) is 80.2 Å². The van der Waals surface area contributed by atoms with E-state index in [0.29, 0.717) is 176 Å². The molecule has 2 aliphatic carbocycles. The van der Waals surface area contributed by atoms with E-state index >= 15 is 4.39 Å². The van der Waals surface area contributed by atoms with Crippen molar-refractivity contribution in [3.63, 3.8) is 0 Å². The van der Waals surface area contributed by atoms with Crippen LogP contribution in [0.15, 0.2) is 47.3 Å². The van der Waals surface area contributed by atoms with Crippen LogP contribution in [0.3, 0.4) is 0 Å².